The predicted molar refractivity (Wildman–Crippen MR) is 69.8 cm³/mol. The third-order valence-electron chi connectivity index (χ3n) is 3.52. The van der Waals surface area contributed by atoms with Crippen LogP contribution in [-0.2, 0) is 0 Å². The van der Waals surface area contributed by atoms with Crippen LogP contribution in [0.4, 0.5) is 0 Å². The summed E-state index contributed by atoms with van der Waals surface area (Å²) >= 11 is 0. The van der Waals surface area contributed by atoms with Crippen LogP contribution in [0.5, 0.6) is 0 Å². The molecule has 1 amide bonds. The molecule has 0 spiro atoms. The van der Waals surface area contributed by atoms with Crippen molar-refractivity contribution in [2.24, 2.45) is 0 Å². The Hall–Kier alpha value is -1.58. The lowest BCUT2D eigenvalue weighted by Crippen LogP contribution is -2.34. The van der Waals surface area contributed by atoms with Crippen molar-refractivity contribution in [1.82, 2.24) is 10.3 Å². The van der Waals surface area contributed by atoms with Crippen molar-refractivity contribution in [3.63, 3.8) is 0 Å². The van der Waals surface area contributed by atoms with Gasteiger partial charge in [-0.05, 0) is 25.8 Å². The first-order valence-electron chi connectivity index (χ1n) is 6.67. The minimum Gasteiger partial charge on any atom is -0.356 e. The molecule has 4 heteroatoms. The quantitative estimate of drug-likeness (QED) is 0.638. The van der Waals surface area contributed by atoms with E-state index in [1.807, 2.05) is 0 Å². The molecule has 0 atom stereocenters. The van der Waals surface area contributed by atoms with Gasteiger partial charge >= 0.3 is 0 Å². The summed E-state index contributed by atoms with van der Waals surface area (Å²) in [5.41, 5.74) is 1.03. The van der Waals surface area contributed by atoms with Gasteiger partial charge in [0.2, 0.25) is 0 Å². The van der Waals surface area contributed by atoms with Crippen LogP contribution in [0, 0.1) is 0 Å². The Kier molecular flexibility index (Phi) is 4.18. The molecule has 0 bridgehead atoms. The summed E-state index contributed by atoms with van der Waals surface area (Å²) in [5, 5.41) is 3.05. The Labute approximate surface area is 107 Å². The standard InChI is InChI=1S/C14H20N2O2/c1-10(17)11-8-13(15-9-11)14(18)16-12-6-4-2-3-5-7-12/h8-9,12,15H,2-7H2,1H3,(H,16,18). The van der Waals surface area contributed by atoms with E-state index in [2.05, 4.69) is 10.3 Å². The first kappa shape index (κ1) is 12.9. The van der Waals surface area contributed by atoms with Crippen molar-refractivity contribution in [2.75, 3.05) is 0 Å². The van der Waals surface area contributed by atoms with Crippen LogP contribution in [0.3, 0.4) is 0 Å². The van der Waals surface area contributed by atoms with Gasteiger partial charge in [0.05, 0.1) is 0 Å². The van der Waals surface area contributed by atoms with E-state index >= 15 is 0 Å². The van der Waals surface area contributed by atoms with Crippen LogP contribution in [0.1, 0.15) is 66.3 Å². The molecule has 1 aromatic rings. The van der Waals surface area contributed by atoms with Crippen molar-refractivity contribution < 1.29 is 9.59 Å². The van der Waals surface area contributed by atoms with E-state index in [-0.39, 0.29) is 17.7 Å². The average Bonchev–Trinajstić information content (AvgIpc) is 2.70. The zero-order valence-electron chi connectivity index (χ0n) is 10.8. The number of rotatable bonds is 3. The number of ketones is 1. The highest BCUT2D eigenvalue weighted by molar-refractivity contribution is 5.99. The van der Waals surface area contributed by atoms with E-state index in [9.17, 15) is 9.59 Å². The highest BCUT2D eigenvalue weighted by atomic mass is 16.2. The molecule has 1 aliphatic carbocycles. The summed E-state index contributed by atoms with van der Waals surface area (Å²) in [6.45, 7) is 1.50. The Balaban J connectivity index is 1.95. The van der Waals surface area contributed by atoms with Crippen molar-refractivity contribution >= 4 is 11.7 Å². The Morgan fingerprint density at radius 1 is 1.22 bits per heavy atom. The van der Waals surface area contributed by atoms with Gasteiger partial charge in [0.1, 0.15) is 5.69 Å². The number of Topliss-reactive ketones (excluding diaryl/α,β-unsaturated/α-hetero) is 1. The SMILES string of the molecule is CC(=O)c1c[nH]c(C(=O)NC2CCCCCC2)c1. The monoisotopic (exact) mass is 248 g/mol. The van der Waals surface area contributed by atoms with Crippen LogP contribution in [0.2, 0.25) is 0 Å². The largest absolute Gasteiger partial charge is 0.356 e. The molecule has 1 heterocycles. The average molecular weight is 248 g/mol. The maximum Gasteiger partial charge on any atom is 0.267 e. The van der Waals surface area contributed by atoms with Crippen molar-refractivity contribution in [2.45, 2.75) is 51.5 Å². The highest BCUT2D eigenvalue weighted by Crippen LogP contribution is 2.17. The van der Waals surface area contributed by atoms with Gasteiger partial charge < -0.3 is 10.3 Å². The minimum atomic E-state index is -0.102. The van der Waals surface area contributed by atoms with Gasteiger partial charge in [-0.2, -0.15) is 0 Å². The molecule has 4 nitrogen and oxygen atoms in total. The zero-order chi connectivity index (χ0) is 13.0. The fourth-order valence-electron chi connectivity index (χ4n) is 2.42. The van der Waals surface area contributed by atoms with Gasteiger partial charge in [0.15, 0.2) is 5.78 Å². The molecule has 0 aromatic carbocycles. The lowest BCUT2D eigenvalue weighted by Gasteiger charge is -2.15. The fourth-order valence-corrected chi connectivity index (χ4v) is 2.42. The fraction of sp³-hybridized carbons (Fsp3) is 0.571. The Bertz CT molecular complexity index is 429. The number of hydrogen-bond donors (Lipinski definition) is 2. The summed E-state index contributed by atoms with van der Waals surface area (Å²) in [6, 6.07) is 1.90. The van der Waals surface area contributed by atoms with Crippen LogP contribution in [0.25, 0.3) is 0 Å². The molecule has 0 aliphatic heterocycles. The third kappa shape index (κ3) is 3.22. The Morgan fingerprint density at radius 3 is 2.44 bits per heavy atom. The number of hydrogen-bond acceptors (Lipinski definition) is 2. The summed E-state index contributed by atoms with van der Waals surface area (Å²) < 4.78 is 0. The molecule has 98 valence electrons. The first-order chi connectivity index (χ1) is 8.66. The van der Waals surface area contributed by atoms with Crippen LogP contribution in [-0.4, -0.2) is 22.7 Å². The van der Waals surface area contributed by atoms with E-state index in [1.54, 1.807) is 12.3 Å². The second-order valence-electron chi connectivity index (χ2n) is 5.02. The summed E-state index contributed by atoms with van der Waals surface area (Å²) in [4.78, 5) is 26.0. The maximum absolute atomic E-state index is 12.0. The van der Waals surface area contributed by atoms with Crippen molar-refractivity contribution in [3.8, 4) is 0 Å². The Morgan fingerprint density at radius 2 is 1.89 bits per heavy atom. The lowest BCUT2D eigenvalue weighted by atomic mass is 10.1. The van der Waals surface area contributed by atoms with Gasteiger partial charge in [0.25, 0.3) is 5.91 Å². The van der Waals surface area contributed by atoms with Crippen molar-refractivity contribution in [1.29, 1.82) is 0 Å². The van der Waals surface area contributed by atoms with Crippen LogP contribution >= 0.6 is 0 Å². The van der Waals surface area contributed by atoms with Crippen LogP contribution in [0.15, 0.2) is 12.3 Å². The molecular formula is C14H20N2O2. The second kappa shape index (κ2) is 5.85. The van der Waals surface area contributed by atoms with E-state index in [4.69, 9.17) is 0 Å². The van der Waals surface area contributed by atoms with E-state index < -0.39 is 0 Å². The van der Waals surface area contributed by atoms with E-state index in [0.29, 0.717) is 11.3 Å². The molecule has 1 saturated carbocycles. The minimum absolute atomic E-state index is 0.0280. The van der Waals surface area contributed by atoms with Gasteiger partial charge in [-0.15, -0.1) is 0 Å². The van der Waals surface area contributed by atoms with Gasteiger partial charge in [-0.25, -0.2) is 0 Å². The maximum atomic E-state index is 12.0. The normalized spacial score (nSPS) is 17.2. The highest BCUT2D eigenvalue weighted by Gasteiger charge is 2.17. The molecule has 1 aliphatic rings. The molecular weight excluding hydrogens is 228 g/mol. The lowest BCUT2D eigenvalue weighted by molar-refractivity contribution is 0.0928. The molecule has 1 aromatic heterocycles. The predicted octanol–water partition coefficient (Wildman–Crippen LogP) is 2.67. The van der Waals surface area contributed by atoms with Gasteiger partial charge in [0, 0.05) is 17.8 Å². The number of aromatic nitrogens is 1. The summed E-state index contributed by atoms with van der Waals surface area (Å²) in [6.07, 6.45) is 8.62. The molecule has 2 N–H and O–H groups in total. The number of aromatic amines is 1. The third-order valence-corrected chi connectivity index (χ3v) is 3.52. The molecule has 2 rings (SSSR count). The first-order valence-corrected chi connectivity index (χ1v) is 6.67. The van der Waals surface area contributed by atoms with E-state index in [1.165, 1.54) is 32.6 Å². The zero-order valence-corrected chi connectivity index (χ0v) is 10.8. The molecule has 0 radical (unpaired) electrons. The molecule has 18 heavy (non-hydrogen) atoms. The topological polar surface area (TPSA) is 62.0 Å². The van der Waals surface area contributed by atoms with Crippen LogP contribution < -0.4 is 5.32 Å². The van der Waals surface area contributed by atoms with E-state index in [0.717, 1.165) is 12.8 Å². The number of H-pyrrole nitrogens is 1. The molecule has 0 saturated heterocycles. The summed E-state index contributed by atoms with van der Waals surface area (Å²) in [5.74, 6) is -0.130. The van der Waals surface area contributed by atoms with Gasteiger partial charge in [-0.1, -0.05) is 25.7 Å². The number of nitrogens with one attached hydrogen (secondary N) is 2. The van der Waals surface area contributed by atoms with Crippen molar-refractivity contribution in [3.05, 3.63) is 23.5 Å². The number of carbonyl (C=O) groups excluding carboxylic acids is 2. The summed E-state index contributed by atoms with van der Waals surface area (Å²) in [7, 11) is 0. The number of amides is 1. The second-order valence-corrected chi connectivity index (χ2v) is 5.02. The number of carbonyl (C=O) groups is 2. The molecule has 1 fully saturated rings. The smallest absolute Gasteiger partial charge is 0.267 e. The van der Waals surface area contributed by atoms with Gasteiger partial charge in [-0.3, -0.25) is 9.59 Å². The molecule has 0 unspecified atom stereocenters.